The number of nitrogens with zero attached hydrogens (tertiary/aromatic N) is 1. The Morgan fingerprint density at radius 1 is 0.500 bits per heavy atom. The van der Waals surface area contributed by atoms with Gasteiger partial charge in [-0.2, -0.15) is 0 Å². The van der Waals surface area contributed by atoms with Crippen molar-refractivity contribution in [2.45, 2.75) is 52.7 Å². The Kier molecular flexibility index (Phi) is 7.30. The van der Waals surface area contributed by atoms with Crippen molar-refractivity contribution in [3.05, 3.63) is 121 Å². The van der Waals surface area contributed by atoms with Crippen molar-refractivity contribution in [3.8, 4) is 27.9 Å². The smallest absolute Gasteiger partial charge is 0.399 e. The fraction of sp³-hybridized carbons (Fsp3) is 0.211. The van der Waals surface area contributed by atoms with Crippen LogP contribution in [0.25, 0.3) is 49.7 Å². The fourth-order valence-electron chi connectivity index (χ4n) is 5.71. The summed E-state index contributed by atoms with van der Waals surface area (Å²) in [5.74, 6) is 0. The molecule has 0 bridgehead atoms. The molecule has 42 heavy (non-hydrogen) atoms. The molecule has 3 nitrogen and oxygen atoms in total. The summed E-state index contributed by atoms with van der Waals surface area (Å²) in [6.45, 7) is 12.4. The summed E-state index contributed by atoms with van der Waals surface area (Å²) in [6, 6.07) is 43.4. The van der Waals surface area contributed by atoms with Crippen LogP contribution in [0.3, 0.4) is 0 Å². The van der Waals surface area contributed by atoms with E-state index in [9.17, 15) is 0 Å². The third-order valence-corrected chi connectivity index (χ3v) is 8.65. The minimum Gasteiger partial charge on any atom is -0.399 e. The molecular weight excluding hydrogens is 513 g/mol. The summed E-state index contributed by atoms with van der Waals surface area (Å²) >= 11 is 0. The molecule has 4 heteroatoms. The molecule has 1 fully saturated rings. The highest BCUT2D eigenvalue weighted by molar-refractivity contribution is 6.62. The highest BCUT2D eigenvalue weighted by atomic mass is 16.7. The highest BCUT2D eigenvalue weighted by Crippen LogP contribution is 2.38. The minimum absolute atomic E-state index is 0.367. The van der Waals surface area contributed by atoms with E-state index in [4.69, 9.17) is 9.31 Å². The highest BCUT2D eigenvalue weighted by Gasteiger charge is 2.51. The average molecular weight is 552 g/mol. The van der Waals surface area contributed by atoms with Gasteiger partial charge < -0.3 is 13.9 Å². The van der Waals surface area contributed by atoms with Crippen LogP contribution in [0.5, 0.6) is 0 Å². The number of benzene rings is 5. The Morgan fingerprint density at radius 3 is 1.76 bits per heavy atom. The van der Waals surface area contributed by atoms with E-state index in [2.05, 4.69) is 154 Å². The molecule has 0 spiro atoms. The van der Waals surface area contributed by atoms with Crippen LogP contribution in [-0.4, -0.2) is 22.9 Å². The lowest BCUT2D eigenvalue weighted by atomic mass is 9.78. The predicted octanol–water partition coefficient (Wildman–Crippen LogP) is 9.44. The van der Waals surface area contributed by atoms with E-state index in [-0.39, 0.29) is 18.3 Å². The van der Waals surface area contributed by atoms with Crippen molar-refractivity contribution in [1.82, 2.24) is 4.57 Å². The molecule has 7 rings (SSSR count). The molecule has 0 amide bonds. The summed E-state index contributed by atoms with van der Waals surface area (Å²) in [5.41, 5.74) is 8.62. The van der Waals surface area contributed by atoms with Crippen molar-refractivity contribution in [2.75, 3.05) is 0 Å². The normalized spacial score (nSPS) is 15.5. The number of hydrogen-bond acceptors (Lipinski definition) is 2. The lowest BCUT2D eigenvalue weighted by molar-refractivity contribution is 0.00578. The first-order valence-electron chi connectivity index (χ1n) is 15.0. The van der Waals surface area contributed by atoms with Crippen LogP contribution in [0.2, 0.25) is 0 Å². The molecule has 210 valence electrons. The first-order chi connectivity index (χ1) is 20.3. The largest absolute Gasteiger partial charge is 0.494 e. The van der Waals surface area contributed by atoms with Gasteiger partial charge in [0.2, 0.25) is 0 Å². The second-order valence-electron chi connectivity index (χ2n) is 11.7. The van der Waals surface area contributed by atoms with Crippen LogP contribution in [0.1, 0.15) is 41.5 Å². The van der Waals surface area contributed by atoms with E-state index < -0.39 is 0 Å². The predicted molar refractivity (Wildman–Crippen MR) is 179 cm³/mol. The summed E-state index contributed by atoms with van der Waals surface area (Å²) < 4.78 is 15.0. The Hall–Kier alpha value is -4.12. The molecule has 1 aliphatic heterocycles. The molecule has 0 aliphatic carbocycles. The summed E-state index contributed by atoms with van der Waals surface area (Å²) in [5, 5.41) is 2.48. The van der Waals surface area contributed by atoms with Gasteiger partial charge in [-0.1, -0.05) is 105 Å². The minimum atomic E-state index is -0.380. The quantitative estimate of drug-likeness (QED) is 0.204. The van der Waals surface area contributed by atoms with Crippen molar-refractivity contribution < 1.29 is 9.31 Å². The van der Waals surface area contributed by atoms with Crippen molar-refractivity contribution in [3.63, 3.8) is 0 Å². The molecule has 0 saturated carbocycles. The van der Waals surface area contributed by atoms with E-state index in [1.165, 1.54) is 38.5 Å². The van der Waals surface area contributed by atoms with Crippen LogP contribution < -0.4 is 5.46 Å². The number of rotatable bonds is 4. The molecule has 6 aromatic rings. The topological polar surface area (TPSA) is 23.4 Å². The SMILES string of the molecule is CC.CC1(C)OB(c2cccc(-c3ccc4c(c3)c3ccccc3n4-c3ccc(-c4ccccc4)cc3)c2)OC1(C)C. The second-order valence-corrected chi connectivity index (χ2v) is 11.7. The van der Waals surface area contributed by atoms with Crippen molar-refractivity contribution >= 4 is 34.4 Å². The second kappa shape index (κ2) is 10.9. The zero-order valence-corrected chi connectivity index (χ0v) is 25.4. The molecule has 1 aliphatic rings. The van der Waals surface area contributed by atoms with Crippen LogP contribution in [0, 0.1) is 0 Å². The standard InChI is InChI=1S/C36H32BNO2.C2H6/c1-35(2)36(3,4)40-37(39-35)29-14-10-13-27(23-29)28-19-22-34-32(24-28)31-15-8-9-16-33(31)38(34)30-20-17-26(18-21-30)25-11-6-5-7-12-25;1-2/h5-24H,1-4H3;1-2H3. The van der Waals surface area contributed by atoms with E-state index >= 15 is 0 Å². The third kappa shape index (κ3) is 4.85. The third-order valence-electron chi connectivity index (χ3n) is 8.65. The Morgan fingerprint density at radius 2 is 1.05 bits per heavy atom. The molecule has 0 atom stereocenters. The van der Waals surface area contributed by atoms with Gasteiger partial charge in [-0.25, -0.2) is 0 Å². The van der Waals surface area contributed by atoms with Crippen LogP contribution >= 0.6 is 0 Å². The van der Waals surface area contributed by atoms with Gasteiger partial charge in [-0.15, -0.1) is 0 Å². The maximum absolute atomic E-state index is 6.33. The van der Waals surface area contributed by atoms with Gasteiger partial charge in [0.1, 0.15) is 0 Å². The van der Waals surface area contributed by atoms with E-state index in [0.717, 1.165) is 16.7 Å². The van der Waals surface area contributed by atoms with Crippen LogP contribution in [0.4, 0.5) is 0 Å². The Bertz CT molecular complexity index is 1840. The lowest BCUT2D eigenvalue weighted by Crippen LogP contribution is -2.41. The molecule has 1 aromatic heterocycles. The first-order valence-corrected chi connectivity index (χ1v) is 15.0. The summed E-state index contributed by atoms with van der Waals surface area (Å²) in [4.78, 5) is 0. The lowest BCUT2D eigenvalue weighted by Gasteiger charge is -2.32. The van der Waals surface area contributed by atoms with Crippen LogP contribution in [-0.2, 0) is 9.31 Å². The number of hydrogen-bond donors (Lipinski definition) is 0. The van der Waals surface area contributed by atoms with Gasteiger partial charge in [-0.3, -0.25) is 0 Å². The molecule has 0 radical (unpaired) electrons. The van der Waals surface area contributed by atoms with Gasteiger partial charge in [0, 0.05) is 16.5 Å². The number of aromatic nitrogens is 1. The van der Waals surface area contributed by atoms with Crippen molar-refractivity contribution in [1.29, 1.82) is 0 Å². The number of para-hydroxylation sites is 1. The van der Waals surface area contributed by atoms with E-state index in [1.807, 2.05) is 13.8 Å². The van der Waals surface area contributed by atoms with E-state index in [1.54, 1.807) is 0 Å². The molecule has 1 saturated heterocycles. The monoisotopic (exact) mass is 551 g/mol. The molecular formula is C38H38BNO2. The maximum Gasteiger partial charge on any atom is 0.494 e. The Labute approximate surface area is 249 Å². The molecule has 0 unspecified atom stereocenters. The maximum atomic E-state index is 6.33. The van der Waals surface area contributed by atoms with Crippen LogP contribution in [0.15, 0.2) is 121 Å². The summed E-state index contributed by atoms with van der Waals surface area (Å²) in [6.07, 6.45) is 0. The van der Waals surface area contributed by atoms with Gasteiger partial charge in [0.05, 0.1) is 22.2 Å². The van der Waals surface area contributed by atoms with Crippen molar-refractivity contribution in [2.24, 2.45) is 0 Å². The summed E-state index contributed by atoms with van der Waals surface area (Å²) in [7, 11) is -0.380. The van der Waals surface area contributed by atoms with E-state index in [0.29, 0.717) is 0 Å². The number of fused-ring (bicyclic) bond motifs is 3. The average Bonchev–Trinajstić information content (AvgIpc) is 3.47. The fourth-order valence-corrected chi connectivity index (χ4v) is 5.71. The van der Waals surface area contributed by atoms with Gasteiger partial charge in [-0.05, 0) is 85.7 Å². The molecule has 0 N–H and O–H groups in total. The van der Waals surface area contributed by atoms with Gasteiger partial charge in [0.25, 0.3) is 0 Å². The zero-order chi connectivity index (χ0) is 29.5. The Balaban J connectivity index is 0.00000155. The van der Waals surface area contributed by atoms with Gasteiger partial charge in [0.15, 0.2) is 0 Å². The molecule has 2 heterocycles. The van der Waals surface area contributed by atoms with Gasteiger partial charge >= 0.3 is 7.12 Å². The zero-order valence-electron chi connectivity index (χ0n) is 25.4. The molecule has 5 aromatic carbocycles. The first kappa shape index (κ1) is 28.0.